The number of aromatic amines is 1. The number of piperidine rings is 1. The van der Waals surface area contributed by atoms with Gasteiger partial charge in [0.2, 0.25) is 5.91 Å². The van der Waals surface area contributed by atoms with Crippen molar-refractivity contribution in [2.45, 2.75) is 25.4 Å². The molecule has 0 spiro atoms. The number of benzene rings is 2. The van der Waals surface area contributed by atoms with E-state index in [0.717, 1.165) is 25.9 Å². The molecule has 0 aliphatic carbocycles. The van der Waals surface area contributed by atoms with Gasteiger partial charge in [-0.25, -0.2) is 14.4 Å². The minimum Gasteiger partial charge on any atom is -0.497 e. The average molecular weight is 536 g/mol. The standard InChI is InChI=1S/C27H30FN7O4/c1-38-21-14-22-26(23(15-21)39-20-5-7-35(8-6-20)9-10-36)27(30-16-29-22)32-24-12-19(33-34-24)13-25(37)31-18-4-2-3-17(28)11-18/h2-4,11-12,14-16,20,36H,5-10,13H2,1H3,(H,31,37)(H2,29,30,32,33,34). The van der Waals surface area contributed by atoms with E-state index in [2.05, 4.69) is 35.7 Å². The number of H-pyrrole nitrogens is 1. The summed E-state index contributed by atoms with van der Waals surface area (Å²) in [6, 6.07) is 11.1. The van der Waals surface area contributed by atoms with E-state index in [0.29, 0.717) is 52.0 Å². The van der Waals surface area contributed by atoms with Crippen molar-refractivity contribution in [1.82, 2.24) is 25.1 Å². The van der Waals surface area contributed by atoms with E-state index in [-0.39, 0.29) is 25.0 Å². The predicted octanol–water partition coefficient (Wildman–Crippen LogP) is 3.26. The second-order valence-electron chi connectivity index (χ2n) is 9.26. The lowest BCUT2D eigenvalue weighted by atomic mass is 10.1. The molecule has 1 saturated heterocycles. The van der Waals surface area contributed by atoms with Crippen LogP contribution in [-0.4, -0.2) is 75.5 Å². The van der Waals surface area contributed by atoms with E-state index in [1.165, 1.54) is 24.5 Å². The summed E-state index contributed by atoms with van der Waals surface area (Å²) in [5.74, 6) is 1.44. The SMILES string of the molecule is COc1cc(OC2CCN(CCO)CC2)c2c(Nc3cc(CC(=O)Nc4cccc(F)c4)[nH]n3)ncnc2c1. The number of hydrogen-bond acceptors (Lipinski definition) is 9. The number of aliphatic hydroxyl groups is 1. The number of likely N-dealkylation sites (tertiary alicyclic amines) is 1. The summed E-state index contributed by atoms with van der Waals surface area (Å²) in [4.78, 5) is 23.5. The van der Waals surface area contributed by atoms with Gasteiger partial charge in [0.15, 0.2) is 5.82 Å². The Hall–Kier alpha value is -4.29. The molecule has 0 unspecified atom stereocenters. The second-order valence-corrected chi connectivity index (χ2v) is 9.26. The van der Waals surface area contributed by atoms with Crippen LogP contribution in [0.5, 0.6) is 11.5 Å². The molecule has 0 bridgehead atoms. The Labute approximate surface area is 224 Å². The van der Waals surface area contributed by atoms with Crippen molar-refractivity contribution in [2.24, 2.45) is 0 Å². The van der Waals surface area contributed by atoms with E-state index in [9.17, 15) is 14.3 Å². The predicted molar refractivity (Wildman–Crippen MR) is 144 cm³/mol. The highest BCUT2D eigenvalue weighted by molar-refractivity contribution is 5.97. The van der Waals surface area contributed by atoms with Crippen LogP contribution in [0.4, 0.5) is 21.7 Å². The minimum absolute atomic E-state index is 0.00288. The Balaban J connectivity index is 1.32. The fourth-order valence-corrected chi connectivity index (χ4v) is 4.59. The molecule has 1 aliphatic heterocycles. The third-order valence-electron chi connectivity index (χ3n) is 6.49. The Morgan fingerprint density at radius 1 is 1.21 bits per heavy atom. The van der Waals surface area contributed by atoms with Crippen LogP contribution in [-0.2, 0) is 11.2 Å². The average Bonchev–Trinajstić information content (AvgIpc) is 3.36. The van der Waals surface area contributed by atoms with Crippen LogP contribution in [0, 0.1) is 5.82 Å². The van der Waals surface area contributed by atoms with E-state index in [4.69, 9.17) is 9.47 Å². The van der Waals surface area contributed by atoms with Crippen LogP contribution < -0.4 is 20.1 Å². The molecule has 4 N–H and O–H groups in total. The number of ether oxygens (including phenoxy) is 2. The number of anilines is 3. The first kappa shape index (κ1) is 26.3. The van der Waals surface area contributed by atoms with Crippen LogP contribution in [0.2, 0.25) is 0 Å². The van der Waals surface area contributed by atoms with Gasteiger partial charge < -0.3 is 30.1 Å². The van der Waals surface area contributed by atoms with E-state index >= 15 is 0 Å². The molecule has 0 radical (unpaired) electrons. The maximum atomic E-state index is 13.4. The molecule has 1 amide bonds. The number of β-amino-alcohol motifs (C(OH)–C–C–N with tert-alkyl or cyclic N) is 1. The minimum atomic E-state index is -0.425. The van der Waals surface area contributed by atoms with Gasteiger partial charge in [0.1, 0.15) is 35.6 Å². The molecule has 2 aromatic heterocycles. The first-order valence-electron chi connectivity index (χ1n) is 12.7. The molecule has 11 nitrogen and oxygen atoms in total. The summed E-state index contributed by atoms with van der Waals surface area (Å²) in [5.41, 5.74) is 1.59. The smallest absolute Gasteiger partial charge is 0.230 e. The lowest BCUT2D eigenvalue weighted by molar-refractivity contribution is -0.115. The van der Waals surface area contributed by atoms with Crippen molar-refractivity contribution in [2.75, 3.05) is 44.0 Å². The molecule has 4 aromatic rings. The monoisotopic (exact) mass is 535 g/mol. The van der Waals surface area contributed by atoms with Gasteiger partial charge in [0.25, 0.3) is 0 Å². The van der Waals surface area contributed by atoms with Gasteiger partial charge in [-0.2, -0.15) is 5.10 Å². The maximum Gasteiger partial charge on any atom is 0.230 e. The van der Waals surface area contributed by atoms with E-state index in [1.807, 2.05) is 12.1 Å². The highest BCUT2D eigenvalue weighted by Gasteiger charge is 2.23. The molecule has 5 rings (SSSR count). The summed E-state index contributed by atoms with van der Waals surface area (Å²) in [5, 5.41) is 22.9. The Morgan fingerprint density at radius 3 is 2.82 bits per heavy atom. The third-order valence-corrected chi connectivity index (χ3v) is 6.49. The van der Waals surface area contributed by atoms with Crippen LogP contribution in [0.1, 0.15) is 18.5 Å². The van der Waals surface area contributed by atoms with Gasteiger partial charge in [-0.15, -0.1) is 0 Å². The maximum absolute atomic E-state index is 13.4. The third kappa shape index (κ3) is 6.59. The van der Waals surface area contributed by atoms with Gasteiger partial charge in [-0.1, -0.05) is 6.07 Å². The molecule has 12 heteroatoms. The van der Waals surface area contributed by atoms with Gasteiger partial charge in [0, 0.05) is 49.2 Å². The van der Waals surface area contributed by atoms with Gasteiger partial charge in [-0.05, 0) is 31.0 Å². The van der Waals surface area contributed by atoms with Gasteiger partial charge in [0.05, 0.1) is 31.0 Å². The number of nitrogens with one attached hydrogen (secondary N) is 3. The number of halogens is 1. The molecule has 39 heavy (non-hydrogen) atoms. The number of methoxy groups -OCH3 is 1. The topological polar surface area (TPSA) is 138 Å². The quantitative estimate of drug-likeness (QED) is 0.241. The summed E-state index contributed by atoms with van der Waals surface area (Å²) >= 11 is 0. The lowest BCUT2D eigenvalue weighted by Crippen LogP contribution is -2.39. The normalized spacial score (nSPS) is 14.3. The second kappa shape index (κ2) is 12.0. The summed E-state index contributed by atoms with van der Waals surface area (Å²) in [6.07, 6.45) is 3.12. The number of fused-ring (bicyclic) bond motifs is 1. The molecule has 1 fully saturated rings. The molecule has 204 valence electrons. The fourth-order valence-electron chi connectivity index (χ4n) is 4.59. The van der Waals surface area contributed by atoms with Crippen molar-refractivity contribution in [3.05, 3.63) is 60.3 Å². The van der Waals surface area contributed by atoms with Crippen molar-refractivity contribution < 1.29 is 23.8 Å². The van der Waals surface area contributed by atoms with E-state index in [1.54, 1.807) is 19.2 Å². The largest absolute Gasteiger partial charge is 0.497 e. The van der Waals surface area contributed by atoms with E-state index < -0.39 is 5.82 Å². The number of hydrogen-bond donors (Lipinski definition) is 4. The summed E-state index contributed by atoms with van der Waals surface area (Å²) in [6.45, 7) is 2.50. The zero-order chi connectivity index (χ0) is 27.2. The first-order chi connectivity index (χ1) is 19.0. The zero-order valence-corrected chi connectivity index (χ0v) is 21.5. The highest BCUT2D eigenvalue weighted by atomic mass is 19.1. The summed E-state index contributed by atoms with van der Waals surface area (Å²) < 4.78 is 25.3. The molecule has 0 atom stereocenters. The van der Waals surface area contributed by atoms with Gasteiger partial charge in [-0.3, -0.25) is 9.89 Å². The summed E-state index contributed by atoms with van der Waals surface area (Å²) in [7, 11) is 1.59. The fraction of sp³-hybridized carbons (Fsp3) is 0.333. The molecular formula is C27H30FN7O4. The Bertz CT molecular complexity index is 1440. The van der Waals surface area contributed by atoms with Crippen molar-refractivity contribution in [3.63, 3.8) is 0 Å². The van der Waals surface area contributed by atoms with Crippen LogP contribution in [0.15, 0.2) is 48.8 Å². The lowest BCUT2D eigenvalue weighted by Gasteiger charge is -2.32. The van der Waals surface area contributed by atoms with Crippen LogP contribution in [0.3, 0.4) is 0 Å². The number of carbonyl (C=O) groups excluding carboxylic acids is 1. The molecule has 0 saturated carbocycles. The number of carbonyl (C=O) groups is 1. The number of aromatic nitrogens is 4. The number of rotatable bonds is 10. The molecular weight excluding hydrogens is 505 g/mol. The van der Waals surface area contributed by atoms with Crippen LogP contribution in [0.25, 0.3) is 10.9 Å². The molecule has 3 heterocycles. The number of nitrogens with zero attached hydrogens (tertiary/aromatic N) is 4. The molecule has 2 aromatic carbocycles. The zero-order valence-electron chi connectivity index (χ0n) is 21.5. The Morgan fingerprint density at radius 2 is 2.05 bits per heavy atom. The highest BCUT2D eigenvalue weighted by Crippen LogP contribution is 2.36. The van der Waals surface area contributed by atoms with Crippen molar-refractivity contribution >= 4 is 34.1 Å². The van der Waals surface area contributed by atoms with Crippen molar-refractivity contribution in [1.29, 1.82) is 0 Å². The first-order valence-corrected chi connectivity index (χ1v) is 12.7. The van der Waals surface area contributed by atoms with Gasteiger partial charge >= 0.3 is 0 Å². The number of aliphatic hydroxyl groups excluding tert-OH is 1. The van der Waals surface area contributed by atoms with Crippen LogP contribution >= 0.6 is 0 Å². The van der Waals surface area contributed by atoms with Crippen molar-refractivity contribution in [3.8, 4) is 11.5 Å². The molecule has 1 aliphatic rings. The Kier molecular flexibility index (Phi) is 8.13. The number of amides is 1.